The first-order chi connectivity index (χ1) is 33.4. The summed E-state index contributed by atoms with van der Waals surface area (Å²) < 4.78 is 21.4. The second-order valence-electron chi connectivity index (χ2n) is 21.7. The van der Waals surface area contributed by atoms with E-state index in [1.54, 1.807) is 13.4 Å². The largest absolute Gasteiger partial charge is 0.464 e. The van der Waals surface area contributed by atoms with E-state index in [-0.39, 0.29) is 48.3 Å². The van der Waals surface area contributed by atoms with Crippen molar-refractivity contribution in [1.82, 2.24) is 45.1 Å². The highest BCUT2D eigenvalue weighted by Gasteiger charge is 2.51. The van der Waals surface area contributed by atoms with Crippen molar-refractivity contribution in [3.63, 3.8) is 0 Å². The van der Waals surface area contributed by atoms with Crippen molar-refractivity contribution in [2.75, 3.05) is 46.4 Å². The van der Waals surface area contributed by atoms with Gasteiger partial charge in [0.05, 0.1) is 30.1 Å². The number of ether oxygens (including phenoxy) is 2. The molecule has 15 nitrogen and oxygen atoms in total. The number of rotatable bonds is 9. The molecular weight excluding hydrogens is 871 g/mol. The van der Waals surface area contributed by atoms with Crippen molar-refractivity contribution >= 4 is 28.7 Å². The number of methoxy groups -OCH3 is 1. The topological polar surface area (TPSA) is 160 Å². The lowest BCUT2D eigenvalue weighted by molar-refractivity contribution is -0.156. The van der Waals surface area contributed by atoms with Crippen LogP contribution in [0, 0.1) is 23.2 Å². The van der Waals surface area contributed by atoms with Crippen LogP contribution in [0.25, 0.3) is 33.4 Å². The zero-order valence-electron chi connectivity index (χ0n) is 40.9. The molecule has 5 fully saturated rings. The fourth-order valence-electron chi connectivity index (χ4n) is 11.9. The molecule has 364 valence electrons. The quantitative estimate of drug-likeness (QED) is 0.141. The zero-order chi connectivity index (χ0) is 47.7. The van der Waals surface area contributed by atoms with Gasteiger partial charge < -0.3 is 23.8 Å². The summed E-state index contributed by atoms with van der Waals surface area (Å²) in [6, 6.07) is 13.3. The molecule has 6 aliphatic rings. The van der Waals surface area contributed by atoms with E-state index in [9.17, 15) is 9.59 Å². The number of benzene rings is 1. The Hall–Kier alpha value is -5.48. The van der Waals surface area contributed by atoms with Crippen molar-refractivity contribution < 1.29 is 28.3 Å². The van der Waals surface area contributed by atoms with E-state index >= 15 is 4.79 Å². The molecule has 1 unspecified atom stereocenters. The van der Waals surface area contributed by atoms with Gasteiger partial charge in [-0.1, -0.05) is 33.8 Å². The van der Waals surface area contributed by atoms with Crippen LogP contribution in [0.15, 0.2) is 71.7 Å². The van der Waals surface area contributed by atoms with Gasteiger partial charge in [0.15, 0.2) is 0 Å². The Morgan fingerprint density at radius 1 is 0.942 bits per heavy atom. The van der Waals surface area contributed by atoms with E-state index in [1.807, 2.05) is 31.6 Å². The molecule has 1 aromatic carbocycles. The van der Waals surface area contributed by atoms with Gasteiger partial charge in [-0.15, -0.1) is 0 Å². The number of carbonyl (C=O) groups is 3. The van der Waals surface area contributed by atoms with Crippen molar-refractivity contribution in [1.29, 1.82) is 0 Å². The molecule has 5 aromatic rings. The Bertz CT molecular complexity index is 2710. The zero-order valence-corrected chi connectivity index (χ0v) is 40.9. The minimum absolute atomic E-state index is 0.157. The van der Waals surface area contributed by atoms with Gasteiger partial charge in [0.2, 0.25) is 11.8 Å². The SMILES string of the molecule is CO[C@@H](C)c1ncccc1-c1c2c3cc(ccc3n1C1CN(C3CC3)C1)-c1coc(n1)[C@@H](N1CCC(c3ccncc3)CC1)[C@H](NC(=O)C1[C@@H](C)[C@H]1C)C(=O)N1CCC[C@H](N1)C(=O)OCC(C)(C)C2. The van der Waals surface area contributed by atoms with Gasteiger partial charge in [0.1, 0.15) is 30.1 Å². The van der Waals surface area contributed by atoms with Crippen LogP contribution in [0.2, 0.25) is 0 Å². The summed E-state index contributed by atoms with van der Waals surface area (Å²) in [6.07, 6.45) is 12.8. The summed E-state index contributed by atoms with van der Waals surface area (Å²) in [6.45, 7) is 14.3. The Balaban J connectivity index is 1.06. The predicted molar refractivity (Wildman–Crippen MR) is 260 cm³/mol. The number of nitrogens with one attached hydrogen (secondary N) is 2. The number of hydrogen-bond acceptors (Lipinski definition) is 12. The third kappa shape index (κ3) is 8.78. The molecule has 6 bridgehead atoms. The molecule has 7 atom stereocenters. The van der Waals surface area contributed by atoms with Crippen molar-refractivity contribution in [2.24, 2.45) is 23.2 Å². The number of oxazole rings is 1. The number of likely N-dealkylation sites (tertiary alicyclic amines) is 2. The van der Waals surface area contributed by atoms with E-state index in [0.29, 0.717) is 62.4 Å². The molecule has 3 saturated heterocycles. The highest BCUT2D eigenvalue weighted by atomic mass is 16.5. The molecule has 4 aromatic heterocycles. The first kappa shape index (κ1) is 45.9. The number of esters is 1. The molecule has 15 heteroatoms. The molecule has 0 radical (unpaired) electrons. The number of hydrogen-bond donors (Lipinski definition) is 2. The first-order valence-corrected chi connectivity index (χ1v) is 25.4. The average Bonchev–Trinajstić information content (AvgIpc) is 4.20. The van der Waals surface area contributed by atoms with Crippen molar-refractivity contribution in [3.8, 4) is 22.5 Å². The van der Waals surface area contributed by atoms with Crippen LogP contribution in [-0.2, 0) is 30.3 Å². The molecule has 2 saturated carbocycles. The maximum absolute atomic E-state index is 15.3. The Morgan fingerprint density at radius 3 is 2.43 bits per heavy atom. The van der Waals surface area contributed by atoms with Crippen LogP contribution in [-0.4, -0.2) is 117 Å². The van der Waals surface area contributed by atoms with Crippen LogP contribution in [0.3, 0.4) is 0 Å². The van der Waals surface area contributed by atoms with E-state index in [1.165, 1.54) is 23.4 Å². The van der Waals surface area contributed by atoms with E-state index < -0.39 is 29.5 Å². The van der Waals surface area contributed by atoms with Gasteiger partial charge in [-0.3, -0.25) is 39.2 Å². The summed E-state index contributed by atoms with van der Waals surface area (Å²) in [5.74, 6) is -0.0327. The fraction of sp³-hybridized carbons (Fsp3) is 0.556. The standard InChI is InChI=1S/C54H67N9O6/c1-31-32(2)45(31)50(64)58-47-49(60-23-17-35(18-24-60)34-15-20-55-21-16-34)51-57-43(29-68-51)36-11-14-44-40(25-36)41(26-54(4,5)30-69-53(66)42-10-8-22-62(59-42)52(47)65)48(39-9-7-19-56-46(39)33(3)67-6)63(44)38-27-61(28-38)37-12-13-37/h7,9,11,14-16,19-21,25,29,31-33,35,37-38,42,45,47,49,59H,8,10,12-13,17-18,22-24,26-28,30H2,1-6H3,(H,58,64)/t31-,32+,33-,42-,45?,47-,49-/m0/s1. The number of carbonyl (C=O) groups excluding carboxylic acids is 3. The third-order valence-electron chi connectivity index (χ3n) is 16.4. The van der Waals surface area contributed by atoms with Gasteiger partial charge in [-0.2, -0.15) is 0 Å². The molecule has 0 spiro atoms. The summed E-state index contributed by atoms with van der Waals surface area (Å²) >= 11 is 0. The predicted octanol–water partition coefficient (Wildman–Crippen LogP) is 7.41. The number of cyclic esters (lactones) is 1. The third-order valence-corrected chi connectivity index (χ3v) is 16.4. The molecule has 69 heavy (non-hydrogen) atoms. The van der Waals surface area contributed by atoms with Gasteiger partial charge in [0, 0.05) is 84.7 Å². The van der Waals surface area contributed by atoms with Crippen molar-refractivity contribution in [3.05, 3.63) is 90.0 Å². The summed E-state index contributed by atoms with van der Waals surface area (Å²) in [4.78, 5) is 63.1. The summed E-state index contributed by atoms with van der Waals surface area (Å²) in [7, 11) is 1.73. The number of pyridine rings is 2. The van der Waals surface area contributed by atoms with E-state index in [0.717, 1.165) is 64.9 Å². The fourth-order valence-corrected chi connectivity index (χ4v) is 11.9. The Labute approximate surface area is 404 Å². The second kappa shape index (κ2) is 18.4. The second-order valence-corrected chi connectivity index (χ2v) is 21.7. The lowest BCUT2D eigenvalue weighted by Gasteiger charge is -2.42. The Morgan fingerprint density at radius 2 is 1.71 bits per heavy atom. The maximum atomic E-state index is 15.3. The number of fused-ring (bicyclic) bond motifs is 6. The lowest BCUT2D eigenvalue weighted by atomic mass is 9.84. The number of amides is 2. The average molecular weight is 938 g/mol. The molecule has 2 aliphatic carbocycles. The molecule has 2 amide bonds. The van der Waals surface area contributed by atoms with E-state index in [4.69, 9.17) is 23.9 Å². The maximum Gasteiger partial charge on any atom is 0.324 e. The Kier molecular flexibility index (Phi) is 12.2. The smallest absolute Gasteiger partial charge is 0.324 e. The molecular formula is C54H67N9O6. The normalized spacial score (nSPS) is 27.7. The van der Waals surface area contributed by atoms with Crippen LogP contribution in [0.5, 0.6) is 0 Å². The van der Waals surface area contributed by atoms with Crippen LogP contribution in [0.4, 0.5) is 0 Å². The van der Waals surface area contributed by atoms with E-state index in [2.05, 4.69) is 94.2 Å². The van der Waals surface area contributed by atoms with Crippen LogP contribution >= 0.6 is 0 Å². The van der Waals surface area contributed by atoms with Crippen LogP contribution < -0.4 is 10.7 Å². The molecule has 4 aliphatic heterocycles. The first-order valence-electron chi connectivity index (χ1n) is 25.4. The molecule has 8 heterocycles. The monoisotopic (exact) mass is 938 g/mol. The van der Waals surface area contributed by atoms with Crippen LogP contribution in [0.1, 0.15) is 120 Å². The lowest BCUT2D eigenvalue weighted by Crippen LogP contribution is -2.63. The molecule has 11 rings (SSSR count). The number of piperidine rings is 1. The summed E-state index contributed by atoms with van der Waals surface area (Å²) in [5.41, 5.74) is 10.8. The van der Waals surface area contributed by atoms with Gasteiger partial charge in [-0.05, 0) is 130 Å². The number of nitrogens with zero attached hydrogens (tertiary/aromatic N) is 7. The number of hydrazine groups is 1. The molecule has 2 N–H and O–H groups in total. The number of aromatic nitrogens is 4. The van der Waals surface area contributed by atoms with Gasteiger partial charge in [0.25, 0.3) is 5.91 Å². The minimum atomic E-state index is -1.06. The van der Waals surface area contributed by atoms with Gasteiger partial charge in [-0.25, -0.2) is 10.4 Å². The van der Waals surface area contributed by atoms with Gasteiger partial charge >= 0.3 is 5.97 Å². The minimum Gasteiger partial charge on any atom is -0.464 e. The highest BCUT2D eigenvalue weighted by molar-refractivity contribution is 5.95. The highest BCUT2D eigenvalue weighted by Crippen LogP contribution is 2.48. The van der Waals surface area contributed by atoms with Crippen molar-refractivity contribution in [2.45, 2.75) is 122 Å². The summed E-state index contributed by atoms with van der Waals surface area (Å²) in [5, 5.41) is 5.88.